The van der Waals surface area contributed by atoms with Crippen molar-refractivity contribution in [2.75, 3.05) is 0 Å². The van der Waals surface area contributed by atoms with E-state index in [9.17, 15) is 14.7 Å². The van der Waals surface area contributed by atoms with Crippen LogP contribution in [-0.4, -0.2) is 16.9 Å². The second kappa shape index (κ2) is 5.68. The highest BCUT2D eigenvalue weighted by Crippen LogP contribution is 2.54. The normalized spacial score (nSPS) is 41.7. The maximum atomic E-state index is 12.7. The Hall–Kier alpha value is -1.38. The van der Waals surface area contributed by atoms with Gasteiger partial charge in [-0.15, -0.1) is 6.58 Å². The third-order valence-corrected chi connectivity index (χ3v) is 6.40. The highest BCUT2D eigenvalue weighted by atomic mass is 16.4. The lowest BCUT2D eigenvalue weighted by Gasteiger charge is -2.46. The van der Waals surface area contributed by atoms with Gasteiger partial charge in [-0.25, -0.2) is 0 Å². The SMILES string of the molecule is C=C[C@]1(C)CC[C@H]2C3=CCCC[C@@H](C3)C(=O)C[C@@H]2[C@@H]1C(=O)O. The van der Waals surface area contributed by atoms with E-state index in [1.807, 2.05) is 13.0 Å². The zero-order valence-electron chi connectivity index (χ0n) is 13.4. The molecule has 3 heteroatoms. The number of hydrogen-bond donors (Lipinski definition) is 1. The molecule has 2 fully saturated rings. The molecule has 0 amide bonds. The Labute approximate surface area is 132 Å². The van der Waals surface area contributed by atoms with E-state index >= 15 is 0 Å². The van der Waals surface area contributed by atoms with Crippen molar-refractivity contribution in [2.45, 2.75) is 51.9 Å². The number of fused-ring (bicyclic) bond motifs is 4. The van der Waals surface area contributed by atoms with Gasteiger partial charge < -0.3 is 5.11 Å². The first kappa shape index (κ1) is 15.5. The van der Waals surface area contributed by atoms with Crippen LogP contribution in [0, 0.1) is 29.1 Å². The summed E-state index contributed by atoms with van der Waals surface area (Å²) >= 11 is 0. The smallest absolute Gasteiger partial charge is 0.307 e. The number of Topliss-reactive ketones (excluding diaryl/α,β-unsaturated/α-hetero) is 1. The molecule has 3 aliphatic rings. The molecule has 5 atom stereocenters. The van der Waals surface area contributed by atoms with Gasteiger partial charge in [0.25, 0.3) is 0 Å². The van der Waals surface area contributed by atoms with Crippen LogP contribution >= 0.6 is 0 Å². The largest absolute Gasteiger partial charge is 0.481 e. The van der Waals surface area contributed by atoms with E-state index in [-0.39, 0.29) is 17.8 Å². The summed E-state index contributed by atoms with van der Waals surface area (Å²) in [5, 5.41) is 9.84. The first-order valence-corrected chi connectivity index (χ1v) is 8.54. The summed E-state index contributed by atoms with van der Waals surface area (Å²) in [6.45, 7) is 5.88. The maximum absolute atomic E-state index is 12.7. The average molecular weight is 302 g/mol. The topological polar surface area (TPSA) is 54.4 Å². The Morgan fingerprint density at radius 3 is 2.86 bits per heavy atom. The lowest BCUT2D eigenvalue weighted by Crippen LogP contribution is -2.45. The number of carbonyl (C=O) groups is 2. The number of allylic oxidation sites excluding steroid dienone is 3. The highest BCUT2D eigenvalue weighted by Gasteiger charge is 2.51. The number of carboxylic acid groups (broad SMARTS) is 1. The van der Waals surface area contributed by atoms with Gasteiger partial charge in [-0.3, -0.25) is 9.59 Å². The third-order valence-electron chi connectivity index (χ3n) is 6.40. The summed E-state index contributed by atoms with van der Waals surface area (Å²) in [7, 11) is 0. The van der Waals surface area contributed by atoms with Crippen LogP contribution in [-0.2, 0) is 9.59 Å². The van der Waals surface area contributed by atoms with Crippen LogP contribution in [0.25, 0.3) is 0 Å². The number of carboxylic acids is 1. The number of aliphatic carboxylic acids is 1. The summed E-state index contributed by atoms with van der Waals surface area (Å²) in [6.07, 6.45) is 10.4. The fourth-order valence-electron chi connectivity index (χ4n) is 5.07. The van der Waals surface area contributed by atoms with Crippen LogP contribution in [0.15, 0.2) is 24.3 Å². The molecule has 3 aliphatic carbocycles. The Bertz CT molecular complexity index is 533. The minimum Gasteiger partial charge on any atom is -0.481 e. The molecule has 0 spiro atoms. The van der Waals surface area contributed by atoms with E-state index in [4.69, 9.17) is 0 Å². The molecular weight excluding hydrogens is 276 g/mol. The maximum Gasteiger partial charge on any atom is 0.307 e. The molecule has 3 rings (SSSR count). The van der Waals surface area contributed by atoms with Crippen molar-refractivity contribution in [3.63, 3.8) is 0 Å². The quantitative estimate of drug-likeness (QED) is 0.785. The van der Waals surface area contributed by atoms with Crippen molar-refractivity contribution in [3.05, 3.63) is 24.3 Å². The van der Waals surface area contributed by atoms with Gasteiger partial charge >= 0.3 is 5.97 Å². The zero-order chi connectivity index (χ0) is 15.9. The second-order valence-electron chi connectivity index (χ2n) is 7.62. The van der Waals surface area contributed by atoms with Crippen molar-refractivity contribution in [1.82, 2.24) is 0 Å². The number of carbonyl (C=O) groups excluding carboxylic acids is 1. The average Bonchev–Trinajstić information content (AvgIpc) is 2.79. The van der Waals surface area contributed by atoms with Gasteiger partial charge in [-0.1, -0.05) is 24.6 Å². The van der Waals surface area contributed by atoms with Crippen molar-refractivity contribution in [2.24, 2.45) is 29.1 Å². The van der Waals surface area contributed by atoms with Crippen LogP contribution in [0.1, 0.15) is 51.9 Å². The number of ketones is 1. The summed E-state index contributed by atoms with van der Waals surface area (Å²) < 4.78 is 0. The molecule has 0 aliphatic heterocycles. The second-order valence-corrected chi connectivity index (χ2v) is 7.62. The van der Waals surface area contributed by atoms with Gasteiger partial charge in [-0.05, 0) is 55.8 Å². The van der Waals surface area contributed by atoms with Crippen LogP contribution in [0.2, 0.25) is 0 Å². The lowest BCUT2D eigenvalue weighted by atomic mass is 9.57. The van der Waals surface area contributed by atoms with Crippen LogP contribution in [0.3, 0.4) is 0 Å². The Morgan fingerprint density at radius 1 is 1.41 bits per heavy atom. The molecule has 2 saturated carbocycles. The van der Waals surface area contributed by atoms with Crippen LogP contribution in [0.5, 0.6) is 0 Å². The molecule has 22 heavy (non-hydrogen) atoms. The number of rotatable bonds is 2. The molecule has 1 N–H and O–H groups in total. The Kier molecular flexibility index (Phi) is 4.00. The van der Waals surface area contributed by atoms with Crippen molar-refractivity contribution in [3.8, 4) is 0 Å². The molecular formula is C19H26O3. The number of hydrogen-bond acceptors (Lipinski definition) is 2. The van der Waals surface area contributed by atoms with Crippen LogP contribution < -0.4 is 0 Å². The van der Waals surface area contributed by atoms with Crippen LogP contribution in [0.4, 0.5) is 0 Å². The van der Waals surface area contributed by atoms with E-state index in [1.54, 1.807) is 0 Å². The minimum absolute atomic E-state index is 0.0592. The molecule has 0 heterocycles. The molecule has 3 nitrogen and oxygen atoms in total. The fourth-order valence-corrected chi connectivity index (χ4v) is 5.07. The standard InChI is InChI=1S/C19H26O3/c1-3-19(2)9-8-14-12-6-4-5-7-13(10-12)16(20)11-15(14)17(19)18(21)22/h3,6,13-15,17H,1,4-5,7-11H2,2H3,(H,21,22)/t13-,14-,15-,17+,19+/m0/s1. The first-order valence-electron chi connectivity index (χ1n) is 8.54. The third kappa shape index (κ3) is 2.45. The van der Waals surface area contributed by atoms with Gasteiger partial charge in [0, 0.05) is 12.3 Å². The monoisotopic (exact) mass is 302 g/mol. The van der Waals surface area contributed by atoms with Crippen molar-refractivity contribution in [1.29, 1.82) is 0 Å². The fraction of sp³-hybridized carbons (Fsp3) is 0.684. The van der Waals surface area contributed by atoms with E-state index in [0.29, 0.717) is 12.2 Å². The summed E-state index contributed by atoms with van der Waals surface area (Å²) in [4.78, 5) is 24.6. The minimum atomic E-state index is -0.764. The van der Waals surface area contributed by atoms with Gasteiger partial charge in [0.2, 0.25) is 0 Å². The molecule has 0 aromatic rings. The highest BCUT2D eigenvalue weighted by molar-refractivity contribution is 5.83. The Balaban J connectivity index is 2.03. The molecule has 0 saturated heterocycles. The molecule has 0 aromatic carbocycles. The van der Waals surface area contributed by atoms with E-state index in [1.165, 1.54) is 5.57 Å². The Morgan fingerprint density at radius 2 is 2.18 bits per heavy atom. The zero-order valence-corrected chi connectivity index (χ0v) is 13.4. The van der Waals surface area contributed by atoms with E-state index < -0.39 is 17.3 Å². The van der Waals surface area contributed by atoms with E-state index in [2.05, 4.69) is 12.7 Å². The summed E-state index contributed by atoms with van der Waals surface area (Å²) in [6, 6.07) is 0. The predicted octanol–water partition coefficient (Wildman–Crippen LogP) is 4.00. The molecule has 120 valence electrons. The predicted molar refractivity (Wildman–Crippen MR) is 85.3 cm³/mol. The van der Waals surface area contributed by atoms with Gasteiger partial charge in [0.15, 0.2) is 0 Å². The van der Waals surface area contributed by atoms with E-state index in [0.717, 1.165) is 38.5 Å². The van der Waals surface area contributed by atoms with Crippen molar-refractivity contribution >= 4 is 11.8 Å². The van der Waals surface area contributed by atoms with Gasteiger partial charge in [0.05, 0.1) is 5.92 Å². The summed E-state index contributed by atoms with van der Waals surface area (Å²) in [5.41, 5.74) is 0.971. The summed E-state index contributed by atoms with van der Waals surface area (Å²) in [5.74, 6) is -0.616. The molecule has 0 unspecified atom stereocenters. The first-order chi connectivity index (χ1) is 10.5. The van der Waals surface area contributed by atoms with Crippen molar-refractivity contribution < 1.29 is 14.7 Å². The van der Waals surface area contributed by atoms with Gasteiger partial charge in [-0.2, -0.15) is 0 Å². The molecule has 2 bridgehead atoms. The molecule has 0 aromatic heterocycles. The van der Waals surface area contributed by atoms with Gasteiger partial charge in [0.1, 0.15) is 5.78 Å². The lowest BCUT2D eigenvalue weighted by molar-refractivity contribution is -0.151. The molecule has 0 radical (unpaired) electrons.